The number of ether oxygens (including phenoxy) is 1. The number of fused-ring (bicyclic) bond motifs is 1. The first-order valence-corrected chi connectivity index (χ1v) is 6.26. The number of aromatic nitrogens is 1. The van der Waals surface area contributed by atoms with Crippen LogP contribution in [0.2, 0.25) is 0 Å². The predicted molar refractivity (Wildman–Crippen MR) is 77.1 cm³/mol. The summed E-state index contributed by atoms with van der Waals surface area (Å²) in [6, 6.07) is 4.97. The molecule has 1 aromatic heterocycles. The van der Waals surface area contributed by atoms with Gasteiger partial charge in [-0.1, -0.05) is 12.1 Å². The molecule has 108 valence electrons. The zero-order valence-electron chi connectivity index (χ0n) is 11.4. The molecule has 0 atom stereocenters. The largest absolute Gasteiger partial charge is 0.426 e. The Labute approximate surface area is 120 Å². The number of aromatic amines is 1. The van der Waals surface area contributed by atoms with E-state index in [0.29, 0.717) is 10.9 Å². The number of nitrogens with one attached hydrogen (secondary N) is 2. The third-order valence-electron chi connectivity index (χ3n) is 2.78. The van der Waals surface area contributed by atoms with Crippen LogP contribution in [0.1, 0.15) is 17.3 Å². The van der Waals surface area contributed by atoms with Crippen molar-refractivity contribution in [2.24, 2.45) is 0 Å². The standard InChI is InChI=1S/C15H14N2O4/c1-3-7-16-15(20)14(19)10-8-17-11-5-4-6-12(13(10)11)21-9(2)18/h3-6,8,17H,1,7H2,2H3,(H,16,20). The summed E-state index contributed by atoms with van der Waals surface area (Å²) in [5.41, 5.74) is 0.761. The van der Waals surface area contributed by atoms with Crippen molar-refractivity contribution in [2.75, 3.05) is 6.54 Å². The van der Waals surface area contributed by atoms with Crippen LogP contribution in [-0.2, 0) is 9.59 Å². The number of benzene rings is 1. The maximum Gasteiger partial charge on any atom is 0.308 e. The molecule has 0 bridgehead atoms. The second kappa shape index (κ2) is 6.04. The van der Waals surface area contributed by atoms with Crippen molar-refractivity contribution in [1.82, 2.24) is 10.3 Å². The Morgan fingerprint density at radius 3 is 2.81 bits per heavy atom. The number of esters is 1. The van der Waals surface area contributed by atoms with Gasteiger partial charge in [-0.25, -0.2) is 0 Å². The second-order valence-corrected chi connectivity index (χ2v) is 4.30. The molecule has 2 aromatic rings. The number of hydrogen-bond donors (Lipinski definition) is 2. The molecule has 0 fully saturated rings. The minimum atomic E-state index is -0.742. The molecule has 0 radical (unpaired) electrons. The van der Waals surface area contributed by atoms with E-state index in [0.717, 1.165) is 0 Å². The molecule has 2 rings (SSSR count). The highest BCUT2D eigenvalue weighted by Gasteiger charge is 2.22. The van der Waals surface area contributed by atoms with Gasteiger partial charge in [0, 0.05) is 25.2 Å². The van der Waals surface area contributed by atoms with Gasteiger partial charge in [-0.2, -0.15) is 0 Å². The molecule has 0 aliphatic heterocycles. The molecular formula is C15H14N2O4. The molecule has 0 aliphatic carbocycles. The summed E-state index contributed by atoms with van der Waals surface area (Å²) in [5.74, 6) is -1.71. The minimum absolute atomic E-state index is 0.156. The van der Waals surface area contributed by atoms with Crippen LogP contribution in [0.3, 0.4) is 0 Å². The third-order valence-corrected chi connectivity index (χ3v) is 2.78. The molecule has 0 unspecified atom stereocenters. The summed E-state index contributed by atoms with van der Waals surface area (Å²) >= 11 is 0. The van der Waals surface area contributed by atoms with Crippen molar-refractivity contribution >= 4 is 28.6 Å². The number of ketones is 1. The lowest BCUT2D eigenvalue weighted by atomic mass is 10.1. The van der Waals surface area contributed by atoms with Crippen molar-refractivity contribution in [3.63, 3.8) is 0 Å². The van der Waals surface area contributed by atoms with Crippen LogP contribution < -0.4 is 10.1 Å². The number of amides is 1. The average Bonchev–Trinajstić information content (AvgIpc) is 2.88. The monoisotopic (exact) mass is 286 g/mol. The molecule has 1 aromatic carbocycles. The fourth-order valence-corrected chi connectivity index (χ4v) is 1.94. The Hall–Kier alpha value is -2.89. The molecular weight excluding hydrogens is 272 g/mol. The van der Waals surface area contributed by atoms with Crippen molar-refractivity contribution in [3.8, 4) is 5.75 Å². The first kappa shape index (κ1) is 14.5. The lowest BCUT2D eigenvalue weighted by Crippen LogP contribution is -2.30. The van der Waals surface area contributed by atoms with Gasteiger partial charge in [0.25, 0.3) is 11.7 Å². The Bertz CT molecular complexity index is 730. The molecule has 1 heterocycles. The van der Waals surface area contributed by atoms with Gasteiger partial charge in [0.15, 0.2) is 0 Å². The van der Waals surface area contributed by atoms with Crippen molar-refractivity contribution in [3.05, 3.63) is 42.6 Å². The Morgan fingerprint density at radius 1 is 1.38 bits per heavy atom. The summed E-state index contributed by atoms with van der Waals surface area (Å²) in [4.78, 5) is 37.9. The number of Topliss-reactive ketones (excluding diaryl/α,β-unsaturated/α-hetero) is 1. The van der Waals surface area contributed by atoms with E-state index >= 15 is 0 Å². The van der Waals surface area contributed by atoms with Crippen LogP contribution >= 0.6 is 0 Å². The molecule has 0 saturated heterocycles. The van der Waals surface area contributed by atoms with Gasteiger partial charge in [-0.05, 0) is 12.1 Å². The maximum atomic E-state index is 12.2. The van der Waals surface area contributed by atoms with E-state index in [2.05, 4.69) is 16.9 Å². The van der Waals surface area contributed by atoms with Crippen LogP contribution in [0, 0.1) is 0 Å². The van der Waals surface area contributed by atoms with Crippen LogP contribution in [-0.4, -0.2) is 29.2 Å². The fraction of sp³-hybridized carbons (Fsp3) is 0.133. The average molecular weight is 286 g/mol. The van der Waals surface area contributed by atoms with Gasteiger partial charge < -0.3 is 15.0 Å². The lowest BCUT2D eigenvalue weighted by molar-refractivity contribution is -0.131. The van der Waals surface area contributed by atoms with E-state index in [9.17, 15) is 14.4 Å². The number of hydrogen-bond acceptors (Lipinski definition) is 4. The van der Waals surface area contributed by atoms with Gasteiger partial charge >= 0.3 is 5.97 Å². The quantitative estimate of drug-likeness (QED) is 0.287. The lowest BCUT2D eigenvalue weighted by Gasteiger charge is -2.05. The van der Waals surface area contributed by atoms with Crippen LogP contribution in [0.5, 0.6) is 5.75 Å². The maximum absolute atomic E-state index is 12.2. The highest BCUT2D eigenvalue weighted by atomic mass is 16.5. The highest BCUT2D eigenvalue weighted by molar-refractivity contribution is 6.45. The summed E-state index contributed by atoms with van der Waals surface area (Å²) in [6.07, 6.45) is 2.90. The van der Waals surface area contributed by atoms with E-state index in [1.807, 2.05) is 0 Å². The molecule has 1 amide bonds. The van der Waals surface area contributed by atoms with Gasteiger partial charge in [0.2, 0.25) is 0 Å². The summed E-state index contributed by atoms with van der Waals surface area (Å²) < 4.78 is 5.08. The smallest absolute Gasteiger partial charge is 0.308 e. The Kier molecular flexibility index (Phi) is 4.18. The van der Waals surface area contributed by atoms with Gasteiger partial charge in [-0.3, -0.25) is 14.4 Å². The molecule has 0 spiro atoms. The number of rotatable bonds is 5. The van der Waals surface area contributed by atoms with E-state index in [1.165, 1.54) is 19.2 Å². The second-order valence-electron chi connectivity index (χ2n) is 4.30. The highest BCUT2D eigenvalue weighted by Crippen LogP contribution is 2.29. The SMILES string of the molecule is C=CCNC(=O)C(=O)c1c[nH]c2cccc(OC(C)=O)c12. The number of carbonyl (C=O) groups excluding carboxylic acids is 3. The van der Waals surface area contributed by atoms with Crippen LogP contribution in [0.15, 0.2) is 37.1 Å². The Balaban J connectivity index is 2.44. The zero-order valence-corrected chi connectivity index (χ0v) is 11.4. The predicted octanol–water partition coefficient (Wildman–Crippen LogP) is 1.58. The summed E-state index contributed by atoms with van der Waals surface area (Å²) in [6.45, 7) is 4.93. The molecule has 6 nitrogen and oxygen atoms in total. The van der Waals surface area contributed by atoms with Crippen molar-refractivity contribution < 1.29 is 19.1 Å². The molecule has 2 N–H and O–H groups in total. The zero-order chi connectivity index (χ0) is 15.4. The first-order chi connectivity index (χ1) is 10.0. The van der Waals surface area contributed by atoms with Gasteiger partial charge in [0.1, 0.15) is 5.75 Å². The molecule has 6 heteroatoms. The van der Waals surface area contributed by atoms with Crippen molar-refractivity contribution in [2.45, 2.75) is 6.92 Å². The topological polar surface area (TPSA) is 88.3 Å². The van der Waals surface area contributed by atoms with E-state index in [1.54, 1.807) is 18.2 Å². The summed E-state index contributed by atoms with van der Waals surface area (Å²) in [7, 11) is 0. The fourth-order valence-electron chi connectivity index (χ4n) is 1.94. The first-order valence-electron chi connectivity index (χ1n) is 6.26. The molecule has 0 saturated carbocycles. The van der Waals surface area contributed by atoms with Crippen LogP contribution in [0.4, 0.5) is 0 Å². The normalized spacial score (nSPS) is 10.1. The number of H-pyrrole nitrogens is 1. The van der Waals surface area contributed by atoms with Gasteiger partial charge in [0.05, 0.1) is 10.9 Å². The molecule has 0 aliphatic rings. The van der Waals surface area contributed by atoms with E-state index in [4.69, 9.17) is 4.74 Å². The summed E-state index contributed by atoms with van der Waals surface area (Å²) in [5, 5.41) is 2.83. The van der Waals surface area contributed by atoms with Crippen molar-refractivity contribution in [1.29, 1.82) is 0 Å². The minimum Gasteiger partial charge on any atom is -0.426 e. The van der Waals surface area contributed by atoms with E-state index < -0.39 is 17.7 Å². The van der Waals surface area contributed by atoms with Crippen LogP contribution in [0.25, 0.3) is 10.9 Å². The van der Waals surface area contributed by atoms with Gasteiger partial charge in [-0.15, -0.1) is 6.58 Å². The van der Waals surface area contributed by atoms with E-state index in [-0.39, 0.29) is 17.9 Å². The molecule has 21 heavy (non-hydrogen) atoms. The Morgan fingerprint density at radius 2 is 2.14 bits per heavy atom. The number of carbonyl (C=O) groups is 3. The third kappa shape index (κ3) is 3.00.